The van der Waals surface area contributed by atoms with Crippen LogP contribution in [-0.4, -0.2) is 12.3 Å². The zero-order valence-electron chi connectivity index (χ0n) is 36.4. The van der Waals surface area contributed by atoms with Crippen molar-refractivity contribution in [1.82, 2.24) is 4.98 Å². The topological polar surface area (TPSA) is 19.0 Å². The van der Waals surface area contributed by atoms with E-state index in [-0.39, 0.29) is 21.7 Å². The predicted molar refractivity (Wildman–Crippen MR) is 263 cm³/mol. The van der Waals surface area contributed by atoms with Crippen molar-refractivity contribution in [2.24, 2.45) is 0 Å². The molecule has 3 heterocycles. The smallest absolute Gasteiger partial charge is 0.211 e. The van der Waals surface area contributed by atoms with E-state index in [0.29, 0.717) is 0 Å². The van der Waals surface area contributed by atoms with Crippen molar-refractivity contribution in [3.8, 4) is 11.1 Å². The Morgan fingerprint density at radius 3 is 1.93 bits per heavy atom. The largest absolute Gasteiger partial charge is 0.354 e. The van der Waals surface area contributed by atoms with Crippen molar-refractivity contribution >= 4 is 99.4 Å². The van der Waals surface area contributed by atoms with E-state index in [1.807, 2.05) is 11.3 Å². The lowest BCUT2D eigenvalue weighted by atomic mass is 9.60. The van der Waals surface area contributed by atoms with Crippen molar-refractivity contribution in [3.63, 3.8) is 0 Å². The highest BCUT2D eigenvalue weighted by Gasteiger charge is 2.41. The van der Waals surface area contributed by atoms with E-state index in [0.717, 1.165) is 7.28 Å². The molecule has 0 spiro atoms. The minimum atomic E-state index is 0.0949. The number of nitrogens with one attached hydrogen (secondary N) is 1. The lowest BCUT2D eigenvalue weighted by Crippen LogP contribution is -2.40. The number of fused-ring (bicyclic) bond motifs is 12. The molecule has 4 heteroatoms. The van der Waals surface area contributed by atoms with E-state index in [1.54, 1.807) is 0 Å². The summed E-state index contributed by atoms with van der Waals surface area (Å²) >= 11 is 2.03. The van der Waals surface area contributed by atoms with Gasteiger partial charge in [0.1, 0.15) is 0 Å². The first-order valence-electron chi connectivity index (χ1n) is 22.2. The zero-order valence-corrected chi connectivity index (χ0v) is 37.2. The van der Waals surface area contributed by atoms with Gasteiger partial charge in [0.25, 0.3) is 0 Å². The quantitative estimate of drug-likeness (QED) is 0.173. The lowest BCUT2D eigenvalue weighted by Gasteiger charge is -2.43. The van der Waals surface area contributed by atoms with Crippen molar-refractivity contribution in [1.29, 1.82) is 0 Å². The van der Waals surface area contributed by atoms with Crippen molar-refractivity contribution in [2.75, 3.05) is 4.90 Å². The van der Waals surface area contributed by atoms with Gasteiger partial charge in [-0.2, -0.15) is 0 Å². The van der Waals surface area contributed by atoms with Crippen molar-refractivity contribution < 1.29 is 0 Å². The Bertz CT molecular complexity index is 3320. The minimum Gasteiger partial charge on any atom is -0.354 e. The molecule has 9 aromatic rings. The summed E-state index contributed by atoms with van der Waals surface area (Å²) in [5.41, 5.74) is 17.0. The van der Waals surface area contributed by atoms with E-state index in [4.69, 9.17) is 0 Å². The third kappa shape index (κ3) is 5.07. The number of nitrogens with zero attached hydrogens (tertiary/aromatic N) is 1. The third-order valence-corrected chi connectivity index (χ3v) is 16.7. The molecule has 3 aliphatic rings. The highest BCUT2D eigenvalue weighted by Crippen LogP contribution is 2.53. The predicted octanol–water partition coefficient (Wildman–Crippen LogP) is 14.4. The van der Waals surface area contributed by atoms with Gasteiger partial charge in [-0.15, -0.1) is 11.3 Å². The van der Waals surface area contributed by atoms with E-state index in [1.165, 1.54) is 140 Å². The van der Waals surface area contributed by atoms with E-state index in [2.05, 4.69) is 181 Å². The summed E-state index contributed by atoms with van der Waals surface area (Å²) in [6.45, 7) is 19.7. The van der Waals surface area contributed by atoms with Gasteiger partial charge in [0, 0.05) is 43.3 Å². The fourth-order valence-corrected chi connectivity index (χ4v) is 13.0. The first-order valence-corrected chi connectivity index (χ1v) is 23.0. The number of hydrogen-bond donors (Lipinski definition) is 1. The molecule has 2 aliphatic carbocycles. The second-order valence-corrected chi connectivity index (χ2v) is 22.2. The normalized spacial score (nSPS) is 18.4. The number of aromatic amines is 1. The second kappa shape index (κ2) is 12.2. The Hall–Kier alpha value is -5.32. The lowest BCUT2D eigenvalue weighted by molar-refractivity contribution is 0.332. The molecule has 2 aromatic heterocycles. The summed E-state index contributed by atoms with van der Waals surface area (Å²) in [6, 6.07) is 44.7. The Morgan fingerprint density at radius 2 is 1.18 bits per heavy atom. The van der Waals surface area contributed by atoms with Crippen LogP contribution in [0.4, 0.5) is 17.1 Å². The van der Waals surface area contributed by atoms with E-state index < -0.39 is 0 Å². The molecular formula is C56H53BN2S. The number of aromatic nitrogens is 1. The maximum Gasteiger partial charge on any atom is 0.211 e. The fraction of sp³-hybridized carbons (Fsp3) is 0.286. The van der Waals surface area contributed by atoms with Crippen LogP contribution >= 0.6 is 11.3 Å². The first kappa shape index (κ1) is 36.5. The summed E-state index contributed by atoms with van der Waals surface area (Å²) in [5, 5.41) is 9.15. The first-order chi connectivity index (χ1) is 28.7. The fourth-order valence-electron chi connectivity index (χ4n) is 11.8. The number of anilines is 3. The van der Waals surface area contributed by atoms with Gasteiger partial charge in [0.15, 0.2) is 0 Å². The molecule has 0 bridgehead atoms. The average molecular weight is 797 g/mol. The molecule has 2 nitrogen and oxygen atoms in total. The second-order valence-electron chi connectivity index (χ2n) is 21.1. The molecule has 12 rings (SSSR count). The Kier molecular flexibility index (Phi) is 7.41. The summed E-state index contributed by atoms with van der Waals surface area (Å²) in [4.78, 5) is 6.68. The molecule has 0 saturated heterocycles. The van der Waals surface area contributed by atoms with Crippen molar-refractivity contribution in [3.05, 3.63) is 138 Å². The number of rotatable bonds is 2. The van der Waals surface area contributed by atoms with Crippen LogP contribution in [0.3, 0.4) is 0 Å². The van der Waals surface area contributed by atoms with Gasteiger partial charge >= 0.3 is 0 Å². The maximum atomic E-state index is 3.98. The monoisotopic (exact) mass is 796 g/mol. The molecule has 0 amide bonds. The molecule has 1 aliphatic heterocycles. The number of hydrogen-bond acceptors (Lipinski definition) is 2. The average Bonchev–Trinajstić information content (AvgIpc) is 3.80. The summed E-state index contributed by atoms with van der Waals surface area (Å²) in [7, 11) is 0.890. The van der Waals surface area contributed by atoms with Gasteiger partial charge in [-0.3, -0.25) is 0 Å². The van der Waals surface area contributed by atoms with Gasteiger partial charge in [-0.1, -0.05) is 134 Å². The van der Waals surface area contributed by atoms with Crippen LogP contribution in [-0.2, 0) is 21.7 Å². The molecule has 0 saturated carbocycles. The zero-order chi connectivity index (χ0) is 41.1. The number of thiophene rings is 1. The van der Waals surface area contributed by atoms with Gasteiger partial charge in [-0.05, 0) is 143 Å². The van der Waals surface area contributed by atoms with Crippen LogP contribution in [0.5, 0.6) is 0 Å². The van der Waals surface area contributed by atoms with Crippen LogP contribution in [0.15, 0.2) is 115 Å². The number of benzene rings is 7. The summed E-state index contributed by atoms with van der Waals surface area (Å²) in [6.07, 6.45) is 4.82. The van der Waals surface area contributed by atoms with Crippen LogP contribution < -0.4 is 15.1 Å². The standard InChI is InChI=1S/C56H53BN2S/c1-53(2)24-25-54(3,4)41-29-34(21-22-40(41)53)59-45-28-33-15-10-12-17-36(33)48(38-19-13-18-37-47-35-16-11-9-14-32(35)20-23-44(47)58-50(37)38)49(45)57-52-51(59)39-30-42-43(31-46(39)60-52)56(7,8)27-26-55(42,5)6/h9-23,28-31,57-58H,24-27H2,1-8H3. The van der Waals surface area contributed by atoms with Crippen molar-refractivity contribution in [2.45, 2.75) is 103 Å². The van der Waals surface area contributed by atoms with Gasteiger partial charge in [0.2, 0.25) is 7.28 Å². The minimum absolute atomic E-state index is 0.0949. The Labute approximate surface area is 358 Å². The molecule has 1 N–H and O–H groups in total. The van der Waals surface area contributed by atoms with Gasteiger partial charge < -0.3 is 9.88 Å². The number of H-pyrrole nitrogens is 1. The Balaban J connectivity index is 1.19. The van der Waals surface area contributed by atoms with Crippen LogP contribution in [0.25, 0.3) is 64.6 Å². The third-order valence-electron chi connectivity index (χ3n) is 15.5. The highest BCUT2D eigenvalue weighted by atomic mass is 32.1. The van der Waals surface area contributed by atoms with Crippen LogP contribution in [0, 0.1) is 0 Å². The summed E-state index contributed by atoms with van der Waals surface area (Å²) < 4.78 is 2.87. The molecular weight excluding hydrogens is 744 g/mol. The van der Waals surface area contributed by atoms with Crippen LogP contribution in [0.1, 0.15) is 103 Å². The molecule has 0 radical (unpaired) electrons. The SMILES string of the molecule is CC1(C)CCC(C)(C)c2cc(N3c4cc5ccccc5c(-c5cccc6c5[nH]c5ccc7ccccc7c56)c4Bc4sc5cc6c(cc5c43)C(C)(C)CCC6(C)C)ccc21. The summed E-state index contributed by atoms with van der Waals surface area (Å²) in [5.74, 6) is 0. The van der Waals surface area contributed by atoms with E-state index in [9.17, 15) is 0 Å². The highest BCUT2D eigenvalue weighted by molar-refractivity contribution is 7.29. The molecule has 0 atom stereocenters. The molecule has 60 heavy (non-hydrogen) atoms. The molecule has 0 fully saturated rings. The van der Waals surface area contributed by atoms with Gasteiger partial charge in [0.05, 0.1) is 11.2 Å². The van der Waals surface area contributed by atoms with Crippen LogP contribution in [0.2, 0.25) is 0 Å². The molecule has 7 aromatic carbocycles. The molecule has 0 unspecified atom stereocenters. The molecule has 296 valence electrons. The van der Waals surface area contributed by atoms with Gasteiger partial charge in [-0.25, -0.2) is 0 Å². The number of para-hydroxylation sites is 1. The Morgan fingerprint density at radius 1 is 0.550 bits per heavy atom. The maximum absolute atomic E-state index is 3.98. The van der Waals surface area contributed by atoms with E-state index >= 15 is 0 Å².